The molecule has 1 heterocycles. The van der Waals surface area contributed by atoms with Gasteiger partial charge in [0, 0.05) is 5.56 Å². The molecule has 76 valence electrons. The van der Waals surface area contributed by atoms with Gasteiger partial charge in [-0.1, -0.05) is 30.3 Å². The van der Waals surface area contributed by atoms with Gasteiger partial charge in [-0.25, -0.2) is 4.79 Å². The van der Waals surface area contributed by atoms with E-state index >= 15 is 0 Å². The minimum Gasteiger partial charge on any atom is -0.465 e. The molecule has 0 radical (unpaired) electrons. The van der Waals surface area contributed by atoms with E-state index in [-0.39, 0.29) is 5.97 Å². The Kier molecular flexibility index (Phi) is 2.54. The molecule has 0 bridgehead atoms. The molecular weight excluding hydrogens is 192 g/mol. The van der Waals surface area contributed by atoms with Gasteiger partial charge in [-0.15, -0.1) is 0 Å². The third-order valence-corrected chi connectivity index (χ3v) is 2.08. The molecule has 0 aliphatic heterocycles. The lowest BCUT2D eigenvalue weighted by atomic mass is 10.1. The number of carbonyl (C=O) groups is 1. The van der Waals surface area contributed by atoms with Gasteiger partial charge >= 0.3 is 5.97 Å². The summed E-state index contributed by atoms with van der Waals surface area (Å²) in [6.07, 6.45) is 1.40. The monoisotopic (exact) mass is 202 g/mol. The molecule has 1 aromatic carbocycles. The first kappa shape index (κ1) is 9.52. The highest BCUT2D eigenvalue weighted by Gasteiger charge is 2.10. The summed E-state index contributed by atoms with van der Waals surface area (Å²) in [5.74, 6) is 0.275. The maximum Gasteiger partial charge on any atom is 0.341 e. The van der Waals surface area contributed by atoms with Gasteiger partial charge in [-0.2, -0.15) is 0 Å². The smallest absolute Gasteiger partial charge is 0.341 e. The second-order valence-electron chi connectivity index (χ2n) is 3.06. The average molecular weight is 202 g/mol. The second kappa shape index (κ2) is 4.00. The Hall–Kier alpha value is -2.03. The lowest BCUT2D eigenvalue weighted by molar-refractivity contribution is 0.0600. The minimum atomic E-state index is -0.388. The molecule has 0 aliphatic carbocycles. The quantitative estimate of drug-likeness (QED) is 0.703. The topological polar surface area (TPSA) is 39.4 Å². The van der Waals surface area contributed by atoms with E-state index in [4.69, 9.17) is 4.42 Å². The number of carbonyl (C=O) groups excluding carboxylic acids is 1. The van der Waals surface area contributed by atoms with Crippen LogP contribution >= 0.6 is 0 Å². The van der Waals surface area contributed by atoms with Gasteiger partial charge in [0.25, 0.3) is 0 Å². The van der Waals surface area contributed by atoms with Crippen molar-refractivity contribution in [2.75, 3.05) is 7.11 Å². The predicted octanol–water partition coefficient (Wildman–Crippen LogP) is 2.73. The Morgan fingerprint density at radius 1 is 1.27 bits per heavy atom. The second-order valence-corrected chi connectivity index (χ2v) is 3.06. The van der Waals surface area contributed by atoms with Gasteiger partial charge in [0.05, 0.1) is 12.7 Å². The van der Waals surface area contributed by atoms with Crippen molar-refractivity contribution < 1.29 is 13.9 Å². The van der Waals surface area contributed by atoms with Crippen LogP contribution in [0.2, 0.25) is 0 Å². The van der Waals surface area contributed by atoms with E-state index in [1.165, 1.54) is 13.4 Å². The SMILES string of the molecule is COC(=O)c1coc(-c2ccccc2)c1. The largest absolute Gasteiger partial charge is 0.465 e. The van der Waals surface area contributed by atoms with Gasteiger partial charge < -0.3 is 9.15 Å². The molecule has 0 unspecified atom stereocenters. The van der Waals surface area contributed by atoms with Crippen LogP contribution in [0.5, 0.6) is 0 Å². The molecule has 0 atom stereocenters. The Morgan fingerprint density at radius 2 is 2.00 bits per heavy atom. The summed E-state index contributed by atoms with van der Waals surface area (Å²) in [6, 6.07) is 11.2. The van der Waals surface area contributed by atoms with Gasteiger partial charge in [-0.05, 0) is 6.07 Å². The third kappa shape index (κ3) is 1.91. The van der Waals surface area contributed by atoms with E-state index in [1.54, 1.807) is 6.07 Å². The number of benzene rings is 1. The maximum atomic E-state index is 11.2. The molecule has 0 saturated heterocycles. The lowest BCUT2D eigenvalue weighted by Crippen LogP contribution is -1.98. The van der Waals surface area contributed by atoms with Crippen molar-refractivity contribution in [2.45, 2.75) is 0 Å². The molecule has 0 spiro atoms. The Bertz CT molecular complexity index is 457. The molecule has 0 N–H and O–H groups in total. The summed E-state index contributed by atoms with van der Waals surface area (Å²) in [5, 5.41) is 0. The molecule has 1 aromatic heterocycles. The van der Waals surface area contributed by atoms with E-state index in [0.717, 1.165) is 5.56 Å². The van der Waals surface area contributed by atoms with Crippen molar-refractivity contribution in [1.29, 1.82) is 0 Å². The first-order valence-corrected chi connectivity index (χ1v) is 4.53. The first-order chi connectivity index (χ1) is 7.31. The first-order valence-electron chi connectivity index (χ1n) is 4.53. The van der Waals surface area contributed by atoms with E-state index < -0.39 is 0 Å². The molecule has 0 aliphatic rings. The van der Waals surface area contributed by atoms with E-state index in [9.17, 15) is 4.79 Å². The number of furan rings is 1. The van der Waals surface area contributed by atoms with Crippen LogP contribution in [-0.2, 0) is 4.74 Å². The number of ether oxygens (including phenoxy) is 1. The van der Waals surface area contributed by atoms with Crippen molar-refractivity contribution >= 4 is 5.97 Å². The minimum absolute atomic E-state index is 0.388. The van der Waals surface area contributed by atoms with Crippen molar-refractivity contribution in [3.63, 3.8) is 0 Å². The third-order valence-electron chi connectivity index (χ3n) is 2.08. The van der Waals surface area contributed by atoms with Gasteiger partial charge in [0.15, 0.2) is 0 Å². The van der Waals surface area contributed by atoms with Crippen LogP contribution in [0.25, 0.3) is 11.3 Å². The summed E-state index contributed by atoms with van der Waals surface area (Å²) in [7, 11) is 1.34. The Morgan fingerprint density at radius 3 is 2.67 bits per heavy atom. The van der Waals surface area contributed by atoms with Gasteiger partial charge in [0.1, 0.15) is 12.0 Å². The van der Waals surface area contributed by atoms with E-state index in [2.05, 4.69) is 4.74 Å². The van der Waals surface area contributed by atoms with Crippen LogP contribution in [0.4, 0.5) is 0 Å². The Labute approximate surface area is 87.3 Å². The summed E-state index contributed by atoms with van der Waals surface area (Å²) in [4.78, 5) is 11.2. The number of hydrogen-bond donors (Lipinski definition) is 0. The van der Waals surface area contributed by atoms with Gasteiger partial charge in [-0.3, -0.25) is 0 Å². The number of methoxy groups -OCH3 is 1. The van der Waals surface area contributed by atoms with Crippen LogP contribution in [0.3, 0.4) is 0 Å². The molecule has 0 fully saturated rings. The number of rotatable bonds is 2. The molecule has 3 heteroatoms. The predicted molar refractivity (Wildman–Crippen MR) is 55.5 cm³/mol. The molecule has 2 aromatic rings. The number of hydrogen-bond acceptors (Lipinski definition) is 3. The van der Waals surface area contributed by atoms with Gasteiger partial charge in [0.2, 0.25) is 0 Å². The normalized spacial score (nSPS) is 9.93. The summed E-state index contributed by atoms with van der Waals surface area (Å²) >= 11 is 0. The zero-order chi connectivity index (χ0) is 10.7. The fourth-order valence-electron chi connectivity index (χ4n) is 1.31. The zero-order valence-electron chi connectivity index (χ0n) is 8.27. The molecular formula is C12H10O3. The molecule has 3 nitrogen and oxygen atoms in total. The van der Waals surface area contributed by atoms with Crippen LogP contribution in [0, 0.1) is 0 Å². The summed E-state index contributed by atoms with van der Waals surface area (Å²) in [6.45, 7) is 0. The Balaban J connectivity index is 2.32. The van der Waals surface area contributed by atoms with E-state index in [1.807, 2.05) is 30.3 Å². The van der Waals surface area contributed by atoms with Crippen LogP contribution in [-0.4, -0.2) is 13.1 Å². The summed E-state index contributed by atoms with van der Waals surface area (Å²) < 4.78 is 9.86. The summed E-state index contributed by atoms with van der Waals surface area (Å²) in [5.41, 5.74) is 1.36. The fourth-order valence-corrected chi connectivity index (χ4v) is 1.31. The fraction of sp³-hybridized carbons (Fsp3) is 0.0833. The zero-order valence-corrected chi connectivity index (χ0v) is 8.27. The highest BCUT2D eigenvalue weighted by atomic mass is 16.5. The van der Waals surface area contributed by atoms with Crippen molar-refractivity contribution in [1.82, 2.24) is 0 Å². The number of esters is 1. The maximum absolute atomic E-state index is 11.2. The molecule has 15 heavy (non-hydrogen) atoms. The molecule has 0 amide bonds. The van der Waals surface area contributed by atoms with Crippen molar-refractivity contribution in [3.8, 4) is 11.3 Å². The van der Waals surface area contributed by atoms with Crippen LogP contribution in [0.15, 0.2) is 47.1 Å². The molecule has 2 rings (SSSR count). The van der Waals surface area contributed by atoms with Crippen LogP contribution < -0.4 is 0 Å². The highest BCUT2D eigenvalue weighted by molar-refractivity contribution is 5.90. The van der Waals surface area contributed by atoms with E-state index in [0.29, 0.717) is 11.3 Å². The van der Waals surface area contributed by atoms with Crippen molar-refractivity contribution in [2.24, 2.45) is 0 Å². The molecule has 0 saturated carbocycles. The highest BCUT2D eigenvalue weighted by Crippen LogP contribution is 2.21. The lowest BCUT2D eigenvalue weighted by Gasteiger charge is -1.93. The van der Waals surface area contributed by atoms with Crippen LogP contribution in [0.1, 0.15) is 10.4 Å². The standard InChI is InChI=1S/C12H10O3/c1-14-12(13)10-7-11(15-8-10)9-5-3-2-4-6-9/h2-8H,1H3. The average Bonchev–Trinajstić information content (AvgIpc) is 2.78. The van der Waals surface area contributed by atoms with Crippen molar-refractivity contribution in [3.05, 3.63) is 48.2 Å².